The quantitative estimate of drug-likeness (QED) is 0.425. The Morgan fingerprint density at radius 3 is 1.93 bits per heavy atom. The van der Waals surface area contributed by atoms with Crippen LogP contribution in [0.2, 0.25) is 0 Å². The number of halogens is 1. The van der Waals surface area contributed by atoms with Crippen molar-refractivity contribution in [2.24, 2.45) is 11.8 Å². The van der Waals surface area contributed by atoms with E-state index in [0.717, 1.165) is 17.5 Å². The summed E-state index contributed by atoms with van der Waals surface area (Å²) in [6.07, 6.45) is 1.33. The van der Waals surface area contributed by atoms with Crippen molar-refractivity contribution in [2.75, 3.05) is 0 Å². The van der Waals surface area contributed by atoms with E-state index in [1.807, 2.05) is 25.1 Å². The fourth-order valence-electron chi connectivity index (χ4n) is 3.38. The molecule has 3 heteroatoms. The van der Waals surface area contributed by atoms with E-state index in [2.05, 4.69) is 83.3 Å². The molecule has 3 aromatic rings. The van der Waals surface area contributed by atoms with Gasteiger partial charge in [0.1, 0.15) is 0 Å². The lowest BCUT2D eigenvalue weighted by molar-refractivity contribution is -0.143. The molecule has 0 spiro atoms. The maximum Gasteiger partial charge on any atom is 0.307 e. The van der Waals surface area contributed by atoms with Gasteiger partial charge in [0.05, 0.1) is 5.92 Å². The van der Waals surface area contributed by atoms with Crippen molar-refractivity contribution in [3.63, 3.8) is 0 Å². The third kappa shape index (κ3) is 5.42. The van der Waals surface area contributed by atoms with Gasteiger partial charge in [0.15, 0.2) is 0 Å². The van der Waals surface area contributed by atoms with Crippen LogP contribution in [-0.4, -0.2) is 11.1 Å². The van der Waals surface area contributed by atoms with Crippen molar-refractivity contribution in [1.82, 2.24) is 0 Å². The Kier molecular flexibility index (Phi) is 6.67. The Labute approximate surface area is 174 Å². The first-order chi connectivity index (χ1) is 13.0. The van der Waals surface area contributed by atoms with Gasteiger partial charge in [-0.25, -0.2) is 0 Å². The van der Waals surface area contributed by atoms with Crippen LogP contribution in [0.15, 0.2) is 78.9 Å². The zero-order valence-electron chi connectivity index (χ0n) is 15.3. The summed E-state index contributed by atoms with van der Waals surface area (Å²) >= 11 is 2.28. The molecule has 138 valence electrons. The second-order valence-corrected chi connectivity index (χ2v) is 8.27. The van der Waals surface area contributed by atoms with E-state index < -0.39 is 11.9 Å². The molecule has 1 N–H and O–H groups in total. The summed E-state index contributed by atoms with van der Waals surface area (Å²) in [7, 11) is 0. The van der Waals surface area contributed by atoms with Crippen molar-refractivity contribution in [3.8, 4) is 11.1 Å². The van der Waals surface area contributed by atoms with Gasteiger partial charge in [0, 0.05) is 3.57 Å². The lowest BCUT2D eigenvalue weighted by Crippen LogP contribution is -2.25. The Morgan fingerprint density at radius 1 is 0.815 bits per heavy atom. The Bertz CT molecular complexity index is 871. The van der Waals surface area contributed by atoms with Crippen molar-refractivity contribution >= 4 is 28.6 Å². The van der Waals surface area contributed by atoms with Crippen LogP contribution in [0.5, 0.6) is 0 Å². The summed E-state index contributed by atoms with van der Waals surface area (Å²) in [5.74, 6) is -1.05. The van der Waals surface area contributed by atoms with Crippen LogP contribution >= 0.6 is 22.6 Å². The van der Waals surface area contributed by atoms with E-state index in [-0.39, 0.29) is 5.92 Å². The zero-order chi connectivity index (χ0) is 19.2. The molecule has 0 bridgehead atoms. The first kappa shape index (κ1) is 19.6. The fourth-order valence-corrected chi connectivity index (χ4v) is 3.74. The van der Waals surface area contributed by atoms with Crippen molar-refractivity contribution in [2.45, 2.75) is 19.8 Å². The molecular weight excluding hydrogens is 447 g/mol. The van der Waals surface area contributed by atoms with Gasteiger partial charge in [-0.2, -0.15) is 0 Å². The molecule has 0 saturated heterocycles. The maximum atomic E-state index is 11.9. The highest BCUT2D eigenvalue weighted by Gasteiger charge is 2.25. The van der Waals surface area contributed by atoms with Crippen LogP contribution in [0.1, 0.15) is 18.1 Å². The molecule has 0 saturated carbocycles. The molecule has 0 amide bonds. The molecule has 0 aliphatic rings. The highest BCUT2D eigenvalue weighted by Crippen LogP contribution is 2.25. The molecular formula is C24H23IO2. The molecule has 0 heterocycles. The number of carboxylic acids is 1. The fraction of sp³-hybridized carbons (Fsp3) is 0.208. The first-order valence-corrected chi connectivity index (χ1v) is 10.2. The van der Waals surface area contributed by atoms with Crippen LogP contribution in [0.25, 0.3) is 11.1 Å². The minimum Gasteiger partial charge on any atom is -0.481 e. The van der Waals surface area contributed by atoms with Gasteiger partial charge in [-0.15, -0.1) is 0 Å². The Balaban J connectivity index is 1.70. The largest absolute Gasteiger partial charge is 0.481 e. The topological polar surface area (TPSA) is 37.3 Å². The average molecular weight is 470 g/mol. The summed E-state index contributed by atoms with van der Waals surface area (Å²) in [5.41, 5.74) is 4.58. The van der Waals surface area contributed by atoms with E-state index in [4.69, 9.17) is 0 Å². The van der Waals surface area contributed by atoms with Crippen molar-refractivity contribution in [3.05, 3.63) is 93.6 Å². The molecule has 27 heavy (non-hydrogen) atoms. The third-order valence-electron chi connectivity index (χ3n) is 4.99. The highest BCUT2D eigenvalue weighted by atomic mass is 127. The highest BCUT2D eigenvalue weighted by molar-refractivity contribution is 14.1. The number of hydrogen-bond acceptors (Lipinski definition) is 1. The van der Waals surface area contributed by atoms with Gasteiger partial charge in [-0.05, 0) is 75.7 Å². The van der Waals surface area contributed by atoms with Gasteiger partial charge < -0.3 is 5.11 Å². The van der Waals surface area contributed by atoms with Crippen LogP contribution in [0.3, 0.4) is 0 Å². The molecule has 3 aromatic carbocycles. The number of benzene rings is 3. The maximum absolute atomic E-state index is 11.9. The molecule has 0 aromatic heterocycles. The minimum absolute atomic E-state index is 0.0661. The lowest BCUT2D eigenvalue weighted by Gasteiger charge is -2.20. The summed E-state index contributed by atoms with van der Waals surface area (Å²) in [6, 6.07) is 26.8. The second-order valence-electron chi connectivity index (χ2n) is 7.02. The van der Waals surface area contributed by atoms with E-state index in [9.17, 15) is 9.90 Å². The van der Waals surface area contributed by atoms with Crippen LogP contribution in [0, 0.1) is 15.4 Å². The van der Waals surface area contributed by atoms with E-state index in [1.165, 1.54) is 14.7 Å². The SMILES string of the molecule is CC(Cc1ccc(I)cc1)C(Cc1ccc(-c2ccccc2)cc1)C(=O)O. The molecule has 0 radical (unpaired) electrons. The second kappa shape index (κ2) is 9.18. The first-order valence-electron chi connectivity index (χ1n) is 9.14. The number of carboxylic acid groups (broad SMARTS) is 1. The number of carbonyl (C=O) groups is 1. The number of hydrogen-bond donors (Lipinski definition) is 1. The van der Waals surface area contributed by atoms with E-state index in [1.54, 1.807) is 0 Å². The zero-order valence-corrected chi connectivity index (χ0v) is 17.5. The molecule has 2 nitrogen and oxygen atoms in total. The number of rotatable bonds is 7. The molecule has 0 aliphatic carbocycles. The van der Waals surface area contributed by atoms with Crippen LogP contribution < -0.4 is 0 Å². The van der Waals surface area contributed by atoms with Crippen LogP contribution in [-0.2, 0) is 17.6 Å². The summed E-state index contributed by atoms with van der Waals surface area (Å²) < 4.78 is 1.19. The molecule has 2 unspecified atom stereocenters. The lowest BCUT2D eigenvalue weighted by atomic mass is 9.84. The van der Waals surface area contributed by atoms with Gasteiger partial charge >= 0.3 is 5.97 Å². The molecule has 2 atom stereocenters. The number of aliphatic carboxylic acids is 1. The van der Waals surface area contributed by atoms with Gasteiger partial charge in [-0.3, -0.25) is 4.79 Å². The minimum atomic E-state index is -0.722. The Hall–Kier alpha value is -2.14. The summed E-state index contributed by atoms with van der Waals surface area (Å²) in [5, 5.41) is 9.76. The van der Waals surface area contributed by atoms with Gasteiger partial charge in [0.25, 0.3) is 0 Å². The monoisotopic (exact) mass is 470 g/mol. The smallest absolute Gasteiger partial charge is 0.307 e. The predicted molar refractivity (Wildman–Crippen MR) is 119 cm³/mol. The van der Waals surface area contributed by atoms with Gasteiger partial charge in [-0.1, -0.05) is 73.7 Å². The standard InChI is InChI=1S/C24H23IO2/c1-17(15-18-9-13-22(25)14-10-18)23(24(26)27)16-19-7-11-21(12-8-19)20-5-3-2-4-6-20/h2-14,17,23H,15-16H2,1H3,(H,26,27). The molecule has 0 fully saturated rings. The molecule has 3 rings (SSSR count). The van der Waals surface area contributed by atoms with Crippen LogP contribution in [0.4, 0.5) is 0 Å². The van der Waals surface area contributed by atoms with Crippen molar-refractivity contribution < 1.29 is 9.90 Å². The van der Waals surface area contributed by atoms with E-state index >= 15 is 0 Å². The summed E-state index contributed by atoms with van der Waals surface area (Å²) in [6.45, 7) is 2.04. The predicted octanol–water partition coefficient (Wildman–Crippen LogP) is 6.08. The molecule has 0 aliphatic heterocycles. The normalized spacial score (nSPS) is 13.1. The Morgan fingerprint density at radius 2 is 1.33 bits per heavy atom. The summed E-state index contributed by atoms with van der Waals surface area (Å²) in [4.78, 5) is 11.9. The average Bonchev–Trinajstić information content (AvgIpc) is 2.68. The van der Waals surface area contributed by atoms with Crippen molar-refractivity contribution in [1.29, 1.82) is 0 Å². The van der Waals surface area contributed by atoms with E-state index in [0.29, 0.717) is 6.42 Å². The third-order valence-corrected chi connectivity index (χ3v) is 5.71. The van der Waals surface area contributed by atoms with Gasteiger partial charge in [0.2, 0.25) is 0 Å².